The number of hydrogen-bond acceptors (Lipinski definition) is 4. The second kappa shape index (κ2) is 8.70. The van der Waals surface area contributed by atoms with Crippen LogP contribution in [0.1, 0.15) is 19.8 Å². The fraction of sp³-hybridized carbons (Fsp3) is 0.438. The first-order valence-corrected chi connectivity index (χ1v) is 8.72. The van der Waals surface area contributed by atoms with Crippen LogP contribution in [0.4, 0.5) is 4.79 Å². The molecular weight excluding hydrogens is 392 g/mol. The van der Waals surface area contributed by atoms with Crippen LogP contribution >= 0.6 is 15.9 Å². The van der Waals surface area contributed by atoms with Gasteiger partial charge in [0.25, 0.3) is 5.91 Å². The van der Waals surface area contributed by atoms with Crippen molar-refractivity contribution in [1.82, 2.24) is 15.8 Å². The molecule has 0 unspecified atom stereocenters. The predicted octanol–water partition coefficient (Wildman–Crippen LogP) is 1.15. The number of carbonyl (C=O) groups is 3. The summed E-state index contributed by atoms with van der Waals surface area (Å²) in [4.78, 5) is 36.8. The van der Waals surface area contributed by atoms with Crippen LogP contribution in [0.2, 0.25) is 0 Å². The number of nitrogens with two attached hydrogens (primary N) is 1. The van der Waals surface area contributed by atoms with Crippen molar-refractivity contribution in [3.63, 3.8) is 0 Å². The molecule has 0 bridgehead atoms. The van der Waals surface area contributed by atoms with E-state index in [0.29, 0.717) is 25.1 Å². The van der Waals surface area contributed by atoms with Gasteiger partial charge in [-0.15, -0.1) is 0 Å². The van der Waals surface area contributed by atoms with Gasteiger partial charge in [0.15, 0.2) is 6.10 Å². The maximum absolute atomic E-state index is 12.1. The number of likely N-dealkylation sites (tertiary alicyclic amines) is 1. The molecule has 9 heteroatoms. The number of nitrogens with one attached hydrogen (secondary N) is 2. The van der Waals surface area contributed by atoms with Crippen LogP contribution < -0.4 is 21.3 Å². The molecule has 25 heavy (non-hydrogen) atoms. The van der Waals surface area contributed by atoms with Crippen LogP contribution in [0.3, 0.4) is 0 Å². The Morgan fingerprint density at radius 2 is 2.12 bits per heavy atom. The minimum Gasteiger partial charge on any atom is -0.481 e. The van der Waals surface area contributed by atoms with Crippen molar-refractivity contribution >= 4 is 33.8 Å². The molecule has 0 aromatic heterocycles. The maximum Gasteiger partial charge on any atom is 0.314 e. The fourth-order valence-electron chi connectivity index (χ4n) is 2.52. The van der Waals surface area contributed by atoms with E-state index in [0.717, 1.165) is 4.47 Å². The summed E-state index contributed by atoms with van der Waals surface area (Å²) in [5.74, 6) is -0.694. The molecule has 0 radical (unpaired) electrons. The summed E-state index contributed by atoms with van der Waals surface area (Å²) in [6.45, 7) is 2.38. The molecule has 0 spiro atoms. The lowest BCUT2D eigenvalue weighted by molar-refractivity contribution is -0.134. The summed E-state index contributed by atoms with van der Waals surface area (Å²) in [7, 11) is 0. The van der Waals surface area contributed by atoms with Gasteiger partial charge < -0.3 is 15.4 Å². The number of hydrazine groups is 1. The summed E-state index contributed by atoms with van der Waals surface area (Å²) in [6, 6.07) is 6.56. The van der Waals surface area contributed by atoms with E-state index in [9.17, 15) is 14.4 Å². The molecule has 0 aliphatic carbocycles. The highest BCUT2D eigenvalue weighted by Gasteiger charge is 2.28. The third-order valence-corrected chi connectivity index (χ3v) is 4.38. The van der Waals surface area contributed by atoms with Crippen LogP contribution in [0.5, 0.6) is 5.75 Å². The van der Waals surface area contributed by atoms with Gasteiger partial charge in [0.05, 0.1) is 5.92 Å². The molecule has 1 aliphatic heterocycles. The Kier molecular flexibility index (Phi) is 6.63. The molecule has 136 valence electrons. The summed E-state index contributed by atoms with van der Waals surface area (Å²) in [5, 5.41) is 0. The zero-order valence-corrected chi connectivity index (χ0v) is 15.4. The minimum absolute atomic E-state index is 0.251. The Bertz CT molecular complexity index is 655. The number of piperidine rings is 1. The molecule has 2 rings (SSSR count). The number of primary amides is 1. The number of ether oxygens (including phenoxy) is 1. The summed E-state index contributed by atoms with van der Waals surface area (Å²) >= 11 is 3.32. The van der Waals surface area contributed by atoms with Crippen molar-refractivity contribution in [3.05, 3.63) is 28.7 Å². The molecule has 4 N–H and O–H groups in total. The van der Waals surface area contributed by atoms with Gasteiger partial charge in [-0.1, -0.05) is 22.0 Å². The number of rotatable bonds is 4. The molecule has 0 saturated carbocycles. The zero-order valence-electron chi connectivity index (χ0n) is 13.8. The lowest BCUT2D eigenvalue weighted by atomic mass is 9.98. The molecule has 1 saturated heterocycles. The van der Waals surface area contributed by atoms with E-state index >= 15 is 0 Å². The van der Waals surface area contributed by atoms with Gasteiger partial charge in [-0.3, -0.25) is 20.4 Å². The van der Waals surface area contributed by atoms with Gasteiger partial charge in [-0.2, -0.15) is 0 Å². The highest BCUT2D eigenvalue weighted by molar-refractivity contribution is 9.10. The van der Waals surface area contributed by atoms with E-state index in [-0.39, 0.29) is 12.5 Å². The van der Waals surface area contributed by atoms with E-state index in [1.54, 1.807) is 25.1 Å². The van der Waals surface area contributed by atoms with Gasteiger partial charge in [-0.25, -0.2) is 4.79 Å². The number of nitrogens with zero attached hydrogens (tertiary/aromatic N) is 1. The van der Waals surface area contributed by atoms with E-state index in [1.165, 1.54) is 4.90 Å². The first-order valence-electron chi connectivity index (χ1n) is 7.93. The molecule has 8 nitrogen and oxygen atoms in total. The number of halogens is 1. The summed E-state index contributed by atoms with van der Waals surface area (Å²) in [6.07, 6.45) is 0.538. The smallest absolute Gasteiger partial charge is 0.314 e. The summed E-state index contributed by atoms with van der Waals surface area (Å²) < 4.78 is 6.36. The number of hydrogen-bond donors (Lipinski definition) is 3. The van der Waals surface area contributed by atoms with Crippen molar-refractivity contribution in [2.24, 2.45) is 11.7 Å². The van der Waals surface area contributed by atoms with Gasteiger partial charge in [0.2, 0.25) is 5.91 Å². The van der Waals surface area contributed by atoms with Crippen LogP contribution in [0, 0.1) is 5.92 Å². The van der Waals surface area contributed by atoms with Crippen molar-refractivity contribution in [3.8, 4) is 5.75 Å². The summed E-state index contributed by atoms with van der Waals surface area (Å²) in [5.41, 5.74) is 9.97. The number of benzene rings is 1. The van der Waals surface area contributed by atoms with Crippen LogP contribution in [0.15, 0.2) is 28.7 Å². The Morgan fingerprint density at radius 1 is 1.36 bits per heavy atom. The molecule has 1 aliphatic rings. The van der Waals surface area contributed by atoms with Crippen LogP contribution in [0.25, 0.3) is 0 Å². The maximum atomic E-state index is 12.1. The van der Waals surface area contributed by atoms with Gasteiger partial charge >= 0.3 is 6.03 Å². The average molecular weight is 413 g/mol. The van der Waals surface area contributed by atoms with E-state index in [4.69, 9.17) is 10.5 Å². The number of urea groups is 1. The lowest BCUT2D eigenvalue weighted by Crippen LogP contribution is -2.52. The Balaban J connectivity index is 1.80. The minimum atomic E-state index is -0.789. The highest BCUT2D eigenvalue weighted by atomic mass is 79.9. The van der Waals surface area contributed by atoms with Crippen molar-refractivity contribution in [2.75, 3.05) is 13.1 Å². The quantitative estimate of drug-likeness (QED) is 0.643. The molecule has 4 amide bonds. The monoisotopic (exact) mass is 412 g/mol. The molecule has 1 fully saturated rings. The van der Waals surface area contributed by atoms with Gasteiger partial charge in [0, 0.05) is 17.6 Å². The Morgan fingerprint density at radius 3 is 2.80 bits per heavy atom. The van der Waals surface area contributed by atoms with Gasteiger partial charge in [-0.05, 0) is 38.0 Å². The van der Waals surface area contributed by atoms with E-state index in [2.05, 4.69) is 26.8 Å². The zero-order chi connectivity index (χ0) is 18.4. The molecule has 1 aromatic carbocycles. The predicted molar refractivity (Wildman–Crippen MR) is 94.4 cm³/mol. The van der Waals surface area contributed by atoms with Crippen molar-refractivity contribution in [1.29, 1.82) is 0 Å². The molecular formula is C16H21BrN4O4. The molecule has 1 aromatic rings. The fourth-order valence-corrected chi connectivity index (χ4v) is 2.89. The van der Waals surface area contributed by atoms with E-state index < -0.39 is 24.0 Å². The second-order valence-corrected chi connectivity index (χ2v) is 6.74. The third-order valence-electron chi connectivity index (χ3n) is 3.89. The average Bonchev–Trinajstić information content (AvgIpc) is 2.59. The Hall–Kier alpha value is -2.29. The topological polar surface area (TPSA) is 114 Å². The molecule has 2 atom stereocenters. The standard InChI is InChI=1S/C16H21BrN4O4/c1-10(25-13-6-2-5-12(17)8-13)14(22)19-20-15(23)11-4-3-7-21(9-11)16(18)24/h2,5-6,8,10-11H,3-4,7,9H2,1H3,(H2,18,24)(H,19,22)(H,20,23)/t10-,11+/m1/s1. The normalized spacial score (nSPS) is 18.2. The number of carbonyl (C=O) groups excluding carboxylic acids is 3. The Labute approximate surface area is 154 Å². The second-order valence-electron chi connectivity index (χ2n) is 5.82. The lowest BCUT2D eigenvalue weighted by Gasteiger charge is -2.30. The third kappa shape index (κ3) is 5.63. The molecule has 1 heterocycles. The van der Waals surface area contributed by atoms with Crippen LogP contribution in [-0.2, 0) is 9.59 Å². The van der Waals surface area contributed by atoms with Gasteiger partial charge in [0.1, 0.15) is 5.75 Å². The highest BCUT2D eigenvalue weighted by Crippen LogP contribution is 2.19. The largest absolute Gasteiger partial charge is 0.481 e. The SMILES string of the molecule is C[C@@H](Oc1cccc(Br)c1)C(=O)NNC(=O)[C@H]1CCCN(C(N)=O)C1. The van der Waals surface area contributed by atoms with E-state index in [1.807, 2.05) is 6.07 Å². The van der Waals surface area contributed by atoms with Crippen molar-refractivity contribution in [2.45, 2.75) is 25.9 Å². The first kappa shape index (κ1) is 19.0. The van der Waals surface area contributed by atoms with Crippen LogP contribution in [-0.4, -0.2) is 41.9 Å². The van der Waals surface area contributed by atoms with Crippen molar-refractivity contribution < 1.29 is 19.1 Å². The number of amides is 4. The first-order chi connectivity index (χ1) is 11.9.